The third-order valence-corrected chi connectivity index (χ3v) is 13.2. The van der Waals surface area contributed by atoms with E-state index in [0.29, 0.717) is 17.7 Å². The maximum absolute atomic E-state index is 14.6. The van der Waals surface area contributed by atoms with E-state index in [1.807, 2.05) is 13.8 Å². The Kier molecular flexibility index (Phi) is 23.0. The van der Waals surface area contributed by atoms with Gasteiger partial charge in [0.2, 0.25) is 41.4 Å². The lowest BCUT2D eigenvalue weighted by molar-refractivity contribution is -0.163. The largest absolute Gasteiger partial charge is 0.497 e. The lowest BCUT2D eigenvalue weighted by atomic mass is 9.83. The molecule has 8 amide bonds. The van der Waals surface area contributed by atoms with Gasteiger partial charge in [-0.15, -0.1) is 0 Å². The number of nitrogens with one attached hydrogen (secondary N) is 5. The van der Waals surface area contributed by atoms with E-state index in [0.717, 1.165) is 0 Å². The number of carbonyl (C=O) groups is 10. The number of cyclic esters (lactones) is 1. The molecule has 1 aromatic carbocycles. The minimum atomic E-state index is -1.79. The topological polar surface area (TPSA) is 259 Å². The van der Waals surface area contributed by atoms with Crippen molar-refractivity contribution in [1.29, 1.82) is 0 Å². The molecule has 0 aromatic heterocycles. The molecule has 1 saturated heterocycles. The van der Waals surface area contributed by atoms with Crippen molar-refractivity contribution >= 4 is 59.0 Å². The Morgan fingerprint density at radius 2 is 1.26 bits per heavy atom. The van der Waals surface area contributed by atoms with Crippen molar-refractivity contribution in [1.82, 2.24) is 41.3 Å². The van der Waals surface area contributed by atoms with Gasteiger partial charge in [-0.3, -0.25) is 47.9 Å². The first-order valence-electron chi connectivity index (χ1n) is 24.2. The van der Waals surface area contributed by atoms with Crippen LogP contribution in [0.2, 0.25) is 0 Å². The van der Waals surface area contributed by atoms with Crippen molar-refractivity contribution in [2.45, 2.75) is 151 Å². The molecule has 1 aromatic rings. The predicted octanol–water partition coefficient (Wildman–Crippen LogP) is 1.76. The van der Waals surface area contributed by atoms with Crippen LogP contribution in [0.5, 0.6) is 5.75 Å². The van der Waals surface area contributed by atoms with Gasteiger partial charge < -0.3 is 50.8 Å². The average Bonchev–Trinajstić information content (AvgIpc) is 3.31. The quantitative estimate of drug-likeness (QED) is 0.175. The minimum absolute atomic E-state index is 0.0330. The van der Waals surface area contributed by atoms with Gasteiger partial charge in [0, 0.05) is 39.5 Å². The van der Waals surface area contributed by atoms with Crippen LogP contribution >= 0.6 is 0 Å². The molecule has 392 valence electrons. The summed E-state index contributed by atoms with van der Waals surface area (Å²) in [7, 11) is 5.72. The van der Waals surface area contributed by atoms with Crippen molar-refractivity contribution in [2.75, 3.05) is 41.3 Å². The van der Waals surface area contributed by atoms with Gasteiger partial charge >= 0.3 is 5.97 Å². The van der Waals surface area contributed by atoms with Gasteiger partial charge in [0.05, 0.1) is 32.2 Å². The standard InChI is InChI=1S/C50H80N8O12/c1-17-29(7)41-46(65)52-25-38(59)56(13)36(23-27(3)4)44(63)51-26-39(60)58(15)40(28(5)6)47(66)57(14)37(24-33-19-21-34(69-16)22-20-33)45(64)53-31(9)42(61)50(11,12)49(68)54-32(10)43(62)55-35(18-2)30(8)48(67)70-41/h19-22,27-32,35-37,40-41H,17-18,23-26H2,1-16H3,(H,51,63)(H,52,65)(H,53,64)(H,54,68)(H,55,62)/t29?,30?,31?,32-,35?,36-,37?,40-,41?/m0/s1. The average molecular weight is 985 g/mol. The normalized spacial score (nSPS) is 26.7. The fraction of sp³-hybridized carbons (Fsp3) is 0.680. The fourth-order valence-corrected chi connectivity index (χ4v) is 8.06. The van der Waals surface area contributed by atoms with E-state index >= 15 is 0 Å². The van der Waals surface area contributed by atoms with Gasteiger partial charge in [0.15, 0.2) is 11.9 Å². The number of hydrogen-bond acceptors (Lipinski definition) is 12. The van der Waals surface area contributed by atoms with Gasteiger partial charge in [-0.1, -0.05) is 60.6 Å². The molecular weight excluding hydrogens is 905 g/mol. The van der Waals surface area contributed by atoms with Crippen LogP contribution in [0.1, 0.15) is 108 Å². The van der Waals surface area contributed by atoms with E-state index in [2.05, 4.69) is 26.6 Å². The van der Waals surface area contributed by atoms with E-state index in [9.17, 15) is 47.9 Å². The number of methoxy groups -OCH3 is 1. The Morgan fingerprint density at radius 1 is 0.700 bits per heavy atom. The molecule has 1 aliphatic heterocycles. The van der Waals surface area contributed by atoms with Gasteiger partial charge in [0.25, 0.3) is 5.91 Å². The monoisotopic (exact) mass is 985 g/mol. The number of rotatable bonds is 9. The zero-order chi connectivity index (χ0) is 53.5. The highest BCUT2D eigenvalue weighted by atomic mass is 16.5. The summed E-state index contributed by atoms with van der Waals surface area (Å²) in [6, 6.07) is 0.0574. The molecule has 0 radical (unpaired) electrons. The van der Waals surface area contributed by atoms with Crippen LogP contribution in [0.4, 0.5) is 0 Å². The summed E-state index contributed by atoms with van der Waals surface area (Å²) in [5, 5.41) is 13.2. The van der Waals surface area contributed by atoms with Crippen LogP contribution in [0.3, 0.4) is 0 Å². The number of likely N-dealkylation sites (N-methyl/N-ethyl adjacent to an activating group) is 3. The summed E-state index contributed by atoms with van der Waals surface area (Å²) in [5.74, 6) is -8.57. The summed E-state index contributed by atoms with van der Waals surface area (Å²) in [6.45, 7) is 18.3. The molecule has 1 aliphatic rings. The summed E-state index contributed by atoms with van der Waals surface area (Å²) >= 11 is 0. The lowest BCUT2D eigenvalue weighted by Gasteiger charge is -2.37. The third kappa shape index (κ3) is 16.0. The number of Topliss-reactive ketones (excluding diaryl/α,β-unsaturated/α-hetero) is 1. The lowest BCUT2D eigenvalue weighted by Crippen LogP contribution is -2.60. The number of nitrogens with zero attached hydrogens (tertiary/aromatic N) is 3. The van der Waals surface area contributed by atoms with Gasteiger partial charge in [0.1, 0.15) is 35.3 Å². The predicted molar refractivity (Wildman–Crippen MR) is 261 cm³/mol. The van der Waals surface area contributed by atoms with Crippen LogP contribution in [0, 0.1) is 29.1 Å². The highest BCUT2D eigenvalue weighted by molar-refractivity contribution is 6.09. The zero-order valence-electron chi connectivity index (χ0n) is 44.1. The van der Waals surface area contributed by atoms with E-state index < -0.39 is 138 Å². The number of ether oxygens (including phenoxy) is 2. The molecule has 1 fully saturated rings. The minimum Gasteiger partial charge on any atom is -0.497 e. The molecule has 0 bridgehead atoms. The van der Waals surface area contributed by atoms with E-state index in [-0.39, 0.29) is 25.2 Å². The first-order chi connectivity index (χ1) is 32.5. The van der Waals surface area contributed by atoms with E-state index in [1.165, 1.54) is 77.6 Å². The van der Waals surface area contributed by atoms with E-state index in [4.69, 9.17) is 9.47 Å². The Morgan fingerprint density at radius 3 is 1.77 bits per heavy atom. The second-order valence-corrected chi connectivity index (χ2v) is 19.8. The molecule has 1 heterocycles. The van der Waals surface area contributed by atoms with E-state index in [1.54, 1.807) is 58.9 Å². The van der Waals surface area contributed by atoms with Gasteiger partial charge in [-0.2, -0.15) is 0 Å². The molecule has 5 N–H and O–H groups in total. The molecule has 70 heavy (non-hydrogen) atoms. The fourth-order valence-electron chi connectivity index (χ4n) is 8.06. The smallest absolute Gasteiger partial charge is 0.311 e. The van der Waals surface area contributed by atoms with Crippen molar-refractivity contribution in [3.05, 3.63) is 29.8 Å². The van der Waals surface area contributed by atoms with Crippen LogP contribution in [0.25, 0.3) is 0 Å². The van der Waals surface area contributed by atoms with Crippen LogP contribution in [-0.2, 0) is 59.1 Å². The zero-order valence-corrected chi connectivity index (χ0v) is 44.1. The van der Waals surface area contributed by atoms with Gasteiger partial charge in [-0.25, -0.2) is 0 Å². The summed E-state index contributed by atoms with van der Waals surface area (Å²) in [5.41, 5.74) is -1.16. The molecule has 0 spiro atoms. The van der Waals surface area contributed by atoms with Crippen LogP contribution < -0.4 is 31.3 Å². The van der Waals surface area contributed by atoms with Gasteiger partial charge in [-0.05, 0) is 83.4 Å². The number of hydrogen-bond donors (Lipinski definition) is 5. The molecule has 6 unspecified atom stereocenters. The molecular formula is C50H80N8O12. The number of esters is 1. The number of benzene rings is 1. The Labute approximate surface area is 413 Å². The Hall–Kier alpha value is -6.08. The maximum Gasteiger partial charge on any atom is 0.311 e. The molecule has 20 nitrogen and oxygen atoms in total. The van der Waals surface area contributed by atoms with Crippen molar-refractivity contribution < 1.29 is 57.4 Å². The molecule has 9 atom stereocenters. The summed E-state index contributed by atoms with van der Waals surface area (Å²) < 4.78 is 11.0. The van der Waals surface area contributed by atoms with Crippen molar-refractivity contribution in [3.63, 3.8) is 0 Å². The summed E-state index contributed by atoms with van der Waals surface area (Å²) in [6.07, 6.45) is -0.501. The Balaban J connectivity index is 2.68. The highest BCUT2D eigenvalue weighted by Crippen LogP contribution is 2.23. The molecule has 2 rings (SSSR count). The SMILES string of the molecule is CCC(C)C1OC(=O)C(C)C(CC)NC(=O)[C@H](C)NC(=O)C(C)(C)C(=O)C(C)NC(=O)C(Cc2ccc(OC)cc2)N(C)C(=O)[C@H](C(C)C)N(C)C(=O)CNC(=O)[C@H](CC(C)C)N(C)C(=O)CNC1=O. The number of ketones is 1. The van der Waals surface area contributed by atoms with Crippen LogP contribution in [0.15, 0.2) is 24.3 Å². The molecule has 0 aliphatic carbocycles. The second kappa shape index (κ2) is 26.8. The highest BCUT2D eigenvalue weighted by Gasteiger charge is 2.43. The molecule has 0 saturated carbocycles. The van der Waals surface area contributed by atoms with Crippen molar-refractivity contribution in [2.24, 2.45) is 29.1 Å². The number of carbonyl (C=O) groups excluding carboxylic acids is 10. The number of amides is 8. The first-order valence-corrected chi connectivity index (χ1v) is 24.2. The second-order valence-electron chi connectivity index (χ2n) is 19.8. The first kappa shape index (κ1) is 60.0. The molecule has 20 heteroatoms. The summed E-state index contributed by atoms with van der Waals surface area (Å²) in [4.78, 5) is 142. The third-order valence-electron chi connectivity index (χ3n) is 13.2. The maximum atomic E-state index is 14.6. The van der Waals surface area contributed by atoms with Crippen molar-refractivity contribution in [3.8, 4) is 5.75 Å². The van der Waals surface area contributed by atoms with Crippen LogP contribution in [-0.4, -0.2) is 157 Å². The Bertz CT molecular complexity index is 2040.